The van der Waals surface area contributed by atoms with Crippen LogP contribution in [-0.2, 0) is 63.6 Å². The van der Waals surface area contributed by atoms with Crippen LogP contribution in [0.2, 0.25) is 0 Å². The van der Waals surface area contributed by atoms with Gasteiger partial charge in [-0.05, 0) is 53.0 Å². The largest absolute Gasteiger partial charge is 0.480 e. The molecule has 0 saturated carbocycles. The maximum atomic E-state index is 12.8. The van der Waals surface area contributed by atoms with Crippen molar-refractivity contribution in [2.24, 2.45) is 0 Å². The van der Waals surface area contributed by atoms with E-state index in [9.17, 15) is 33.9 Å². The summed E-state index contributed by atoms with van der Waals surface area (Å²) in [5, 5.41) is 16.7. The molecule has 0 radical (unpaired) electrons. The molecule has 0 bridgehead atoms. The number of nitrogens with zero attached hydrogens (tertiary/aromatic N) is 3. The van der Waals surface area contributed by atoms with Gasteiger partial charge in [0.25, 0.3) is 0 Å². The SMILES string of the molecule is COC(=O)CN(CCN(CC(=O)OC)CC(Cc1ccc(NC(=S)NC(CSC(c2ccccc2)(c2ccccc2)c2ccccc2)C(=O)O)cc1)N(CC(=O)OC)CC(=O)OC)CC(=O)OC. The van der Waals surface area contributed by atoms with Gasteiger partial charge in [-0.15, -0.1) is 11.8 Å². The van der Waals surface area contributed by atoms with E-state index in [1.54, 1.807) is 21.9 Å². The Morgan fingerprint density at radius 1 is 0.588 bits per heavy atom. The minimum atomic E-state index is -1.09. The highest BCUT2D eigenvalue weighted by molar-refractivity contribution is 8.00. The van der Waals surface area contributed by atoms with Gasteiger partial charge in [0, 0.05) is 37.1 Å². The molecule has 0 heterocycles. The highest BCUT2D eigenvalue weighted by Crippen LogP contribution is 2.48. The molecule has 3 N–H and O–H groups in total. The van der Waals surface area contributed by atoms with E-state index in [1.165, 1.54) is 52.2 Å². The number of carbonyl (C=O) groups is 6. The Morgan fingerprint density at radius 2 is 0.985 bits per heavy atom. The second-order valence-corrected chi connectivity index (χ2v) is 17.0. The number of benzene rings is 4. The monoisotopic (exact) mass is 973 g/mol. The summed E-state index contributed by atoms with van der Waals surface area (Å²) in [4.78, 5) is 80.2. The third-order valence-corrected chi connectivity index (χ3v) is 12.7. The molecule has 4 aromatic rings. The lowest BCUT2D eigenvalue weighted by atomic mass is 9.84. The third kappa shape index (κ3) is 16.7. The molecule has 0 fully saturated rings. The summed E-state index contributed by atoms with van der Waals surface area (Å²) < 4.78 is 23.8. The van der Waals surface area contributed by atoms with Crippen molar-refractivity contribution in [3.05, 3.63) is 138 Å². The topological polar surface area (TPSA) is 203 Å². The Morgan fingerprint density at radius 3 is 1.40 bits per heavy atom. The fourth-order valence-electron chi connectivity index (χ4n) is 7.33. The van der Waals surface area contributed by atoms with Gasteiger partial charge in [0.2, 0.25) is 0 Å². The summed E-state index contributed by atoms with van der Waals surface area (Å²) in [5.41, 5.74) is 4.28. The fraction of sp³-hybridized carbons (Fsp3) is 0.367. The fourth-order valence-corrected chi connectivity index (χ4v) is 9.14. The predicted octanol–water partition coefficient (Wildman–Crippen LogP) is 3.83. The Bertz CT molecular complexity index is 2130. The van der Waals surface area contributed by atoms with Gasteiger partial charge >= 0.3 is 35.8 Å². The zero-order valence-electron chi connectivity index (χ0n) is 38.8. The first-order valence-electron chi connectivity index (χ1n) is 21.5. The summed E-state index contributed by atoms with van der Waals surface area (Å²) in [6.07, 6.45) is 0.243. The van der Waals surface area contributed by atoms with Gasteiger partial charge in [0.05, 0.1) is 73.0 Å². The van der Waals surface area contributed by atoms with Crippen LogP contribution < -0.4 is 10.6 Å². The number of thioether (sulfide) groups is 1. The van der Waals surface area contributed by atoms with Crippen LogP contribution in [0.3, 0.4) is 0 Å². The minimum absolute atomic E-state index is 0.0857. The van der Waals surface area contributed by atoms with Gasteiger partial charge < -0.3 is 39.4 Å². The average molecular weight is 974 g/mol. The zero-order valence-corrected chi connectivity index (χ0v) is 40.4. The van der Waals surface area contributed by atoms with E-state index in [4.69, 9.17) is 35.9 Å². The van der Waals surface area contributed by atoms with Crippen LogP contribution in [-0.4, -0.2) is 166 Å². The quantitative estimate of drug-likeness (QED) is 0.0337. The number of esters is 5. The summed E-state index contributed by atoms with van der Waals surface area (Å²) in [7, 11) is 6.14. The van der Waals surface area contributed by atoms with Gasteiger partial charge in [0.1, 0.15) is 6.04 Å². The number of carbonyl (C=O) groups excluding carboxylic acids is 5. The molecule has 4 rings (SSSR count). The normalized spacial score (nSPS) is 12.1. The molecule has 0 aliphatic heterocycles. The Kier molecular flexibility index (Phi) is 22.4. The molecule has 0 amide bonds. The minimum Gasteiger partial charge on any atom is -0.480 e. The van der Waals surface area contributed by atoms with Crippen molar-refractivity contribution in [3.63, 3.8) is 0 Å². The Hall–Kier alpha value is -6.38. The van der Waals surface area contributed by atoms with Gasteiger partial charge in [-0.1, -0.05) is 103 Å². The number of nitrogens with one attached hydrogen (secondary N) is 2. The first-order chi connectivity index (χ1) is 32.7. The smallest absolute Gasteiger partial charge is 0.327 e. The Balaban J connectivity index is 1.57. The van der Waals surface area contributed by atoms with Crippen LogP contribution in [0.15, 0.2) is 115 Å². The molecule has 2 unspecified atom stereocenters. The summed E-state index contributed by atoms with van der Waals surface area (Å²) in [6, 6.07) is 35.3. The van der Waals surface area contributed by atoms with E-state index in [-0.39, 0.29) is 69.6 Å². The predicted molar refractivity (Wildman–Crippen MR) is 261 cm³/mol. The van der Waals surface area contributed by atoms with Crippen LogP contribution in [0.5, 0.6) is 0 Å². The number of methoxy groups -OCH3 is 5. The lowest BCUT2D eigenvalue weighted by molar-refractivity contribution is -0.148. The molecule has 68 heavy (non-hydrogen) atoms. The number of carboxylic acid groups (broad SMARTS) is 1. The van der Waals surface area contributed by atoms with Crippen molar-refractivity contribution in [2.45, 2.75) is 23.3 Å². The first-order valence-corrected chi connectivity index (χ1v) is 22.9. The van der Waals surface area contributed by atoms with Crippen molar-refractivity contribution in [1.82, 2.24) is 20.0 Å². The second kappa shape index (κ2) is 28.1. The zero-order chi connectivity index (χ0) is 49.5. The van der Waals surface area contributed by atoms with Crippen molar-refractivity contribution < 1.29 is 57.6 Å². The van der Waals surface area contributed by atoms with E-state index in [0.29, 0.717) is 5.69 Å². The second-order valence-electron chi connectivity index (χ2n) is 15.4. The summed E-state index contributed by atoms with van der Waals surface area (Å²) in [5.74, 6) is -3.94. The van der Waals surface area contributed by atoms with E-state index >= 15 is 0 Å². The maximum absolute atomic E-state index is 12.8. The number of ether oxygens (including phenoxy) is 5. The molecule has 0 saturated heterocycles. The summed E-state index contributed by atoms with van der Waals surface area (Å²) in [6.45, 7) is -0.929. The highest BCUT2D eigenvalue weighted by atomic mass is 32.2. The van der Waals surface area contributed by atoms with Crippen molar-refractivity contribution in [3.8, 4) is 0 Å². The molecule has 0 aliphatic carbocycles. The first kappa shape index (κ1) is 54.2. The van der Waals surface area contributed by atoms with Crippen molar-refractivity contribution in [2.75, 3.05) is 99.0 Å². The molecule has 0 aliphatic rings. The number of aliphatic carboxylic acids is 1. The van der Waals surface area contributed by atoms with Crippen LogP contribution in [0.4, 0.5) is 5.69 Å². The lowest BCUT2D eigenvalue weighted by Crippen LogP contribution is -2.51. The molecule has 4 aromatic carbocycles. The number of hydrogen-bond donors (Lipinski definition) is 3. The highest BCUT2D eigenvalue weighted by Gasteiger charge is 2.38. The van der Waals surface area contributed by atoms with Crippen LogP contribution in [0.1, 0.15) is 22.3 Å². The van der Waals surface area contributed by atoms with Crippen LogP contribution in [0.25, 0.3) is 0 Å². The molecule has 0 spiro atoms. The number of anilines is 1. The van der Waals surface area contributed by atoms with Crippen LogP contribution >= 0.6 is 24.0 Å². The van der Waals surface area contributed by atoms with Gasteiger partial charge in [-0.3, -0.25) is 38.7 Å². The van der Waals surface area contributed by atoms with E-state index in [0.717, 1.165) is 22.3 Å². The van der Waals surface area contributed by atoms with Gasteiger partial charge in [-0.25, -0.2) is 4.79 Å². The molecule has 17 nitrogen and oxygen atoms in total. The standard InChI is InChI=1S/C49H59N5O12S2/c1-62-42(55)29-52(25-26-53(30-43(56)63-2)31-44(57)64-3)28-40(54(32-45(58)65-4)33-46(59)66-5)27-35-21-23-39(24-22-35)50-48(67)51-41(47(60)61)34-68-49(36-15-9-6-10-16-36,37-17-11-7-12-18-37)38-19-13-8-14-20-38/h6-24,40-41H,25-34H2,1-5H3,(H,60,61)(H2,50,51,67). The Labute approximate surface area is 406 Å². The van der Waals surface area contributed by atoms with E-state index in [1.807, 2.05) is 103 Å². The molecule has 0 aromatic heterocycles. The number of thiocarbonyl (C=S) groups is 1. The molecule has 19 heteroatoms. The number of carboxylic acids is 1. The molecular formula is C49H59N5O12S2. The number of rotatable bonds is 27. The van der Waals surface area contributed by atoms with Crippen LogP contribution in [0, 0.1) is 0 Å². The maximum Gasteiger partial charge on any atom is 0.327 e. The van der Waals surface area contributed by atoms with Gasteiger partial charge in [-0.2, -0.15) is 0 Å². The number of hydrogen-bond acceptors (Lipinski definition) is 16. The molecule has 364 valence electrons. The third-order valence-electron chi connectivity index (χ3n) is 10.9. The average Bonchev–Trinajstić information content (AvgIpc) is 3.35. The van der Waals surface area contributed by atoms with Gasteiger partial charge in [0.15, 0.2) is 5.11 Å². The van der Waals surface area contributed by atoms with Crippen molar-refractivity contribution >= 4 is 70.6 Å². The summed E-state index contributed by atoms with van der Waals surface area (Å²) >= 11 is 7.16. The van der Waals surface area contributed by atoms with Crippen molar-refractivity contribution in [1.29, 1.82) is 0 Å². The van der Waals surface area contributed by atoms with E-state index in [2.05, 4.69) is 10.6 Å². The lowest BCUT2D eigenvalue weighted by Gasteiger charge is -2.36. The van der Waals surface area contributed by atoms with E-state index < -0.39 is 52.6 Å². The molecular weight excluding hydrogens is 915 g/mol. The molecule has 2 atom stereocenters.